The summed E-state index contributed by atoms with van der Waals surface area (Å²) in [6.45, 7) is 4.93. The summed E-state index contributed by atoms with van der Waals surface area (Å²) in [5.41, 5.74) is 0.971. The van der Waals surface area contributed by atoms with Crippen LogP contribution in [0.3, 0.4) is 0 Å². The van der Waals surface area contributed by atoms with Crippen LogP contribution in [-0.2, 0) is 6.54 Å². The normalized spacial score (nSPS) is 10.2. The molecule has 0 aliphatic carbocycles. The Hall–Kier alpha value is -2.04. The number of aryl methyl sites for hydroxylation is 1. The molecule has 90 valence electrons. The second kappa shape index (κ2) is 5.34. The topological polar surface area (TPSA) is 60.2 Å². The molecule has 0 saturated carbocycles. The monoisotopic (exact) mass is 233 g/mol. The zero-order valence-electron chi connectivity index (χ0n) is 9.93. The Balaban J connectivity index is 1.96. The molecule has 1 aromatic heterocycles. The average Bonchev–Trinajstić information content (AvgIpc) is 2.74. The molecular formula is C12H15N3O2. The van der Waals surface area contributed by atoms with Crippen molar-refractivity contribution in [1.82, 2.24) is 10.1 Å². The summed E-state index contributed by atoms with van der Waals surface area (Å²) in [4.78, 5) is 4.11. The molecule has 0 atom stereocenters. The van der Waals surface area contributed by atoms with Crippen LogP contribution in [-0.4, -0.2) is 16.7 Å². The van der Waals surface area contributed by atoms with E-state index in [1.165, 1.54) is 0 Å². The quantitative estimate of drug-likeness (QED) is 0.859. The van der Waals surface area contributed by atoms with Crippen LogP contribution in [0.2, 0.25) is 0 Å². The lowest BCUT2D eigenvalue weighted by Crippen LogP contribution is -2.01. The summed E-state index contributed by atoms with van der Waals surface area (Å²) in [5, 5.41) is 7.02. The number of nitrogens with zero attached hydrogens (tertiary/aromatic N) is 2. The van der Waals surface area contributed by atoms with Crippen molar-refractivity contribution in [2.45, 2.75) is 20.4 Å². The van der Waals surface area contributed by atoms with Crippen LogP contribution in [0.5, 0.6) is 5.75 Å². The zero-order valence-corrected chi connectivity index (χ0v) is 9.93. The van der Waals surface area contributed by atoms with E-state index in [2.05, 4.69) is 15.5 Å². The summed E-state index contributed by atoms with van der Waals surface area (Å²) >= 11 is 0. The van der Waals surface area contributed by atoms with Crippen molar-refractivity contribution in [3.8, 4) is 5.75 Å². The van der Waals surface area contributed by atoms with E-state index in [1.54, 1.807) is 6.92 Å². The van der Waals surface area contributed by atoms with Gasteiger partial charge in [-0.15, -0.1) is 0 Å². The van der Waals surface area contributed by atoms with Gasteiger partial charge in [-0.2, -0.15) is 4.98 Å². The molecule has 1 heterocycles. The van der Waals surface area contributed by atoms with E-state index < -0.39 is 0 Å². The molecule has 1 N–H and O–H groups in total. The van der Waals surface area contributed by atoms with E-state index in [9.17, 15) is 0 Å². The highest BCUT2D eigenvalue weighted by atomic mass is 16.5. The van der Waals surface area contributed by atoms with Crippen molar-refractivity contribution < 1.29 is 9.26 Å². The van der Waals surface area contributed by atoms with Gasteiger partial charge in [-0.25, -0.2) is 0 Å². The first-order valence-corrected chi connectivity index (χ1v) is 5.54. The smallest absolute Gasteiger partial charge is 0.223 e. The molecule has 0 spiro atoms. The van der Waals surface area contributed by atoms with Crippen molar-refractivity contribution in [3.05, 3.63) is 36.0 Å². The highest BCUT2D eigenvalue weighted by Crippen LogP contribution is 2.17. The second-order valence-corrected chi connectivity index (χ2v) is 3.54. The third-order valence-electron chi connectivity index (χ3n) is 2.17. The Morgan fingerprint density at radius 1 is 1.41 bits per heavy atom. The van der Waals surface area contributed by atoms with E-state index in [1.807, 2.05) is 31.2 Å². The fraction of sp³-hybridized carbons (Fsp3) is 0.333. The summed E-state index contributed by atoms with van der Waals surface area (Å²) in [7, 11) is 0. The molecule has 2 rings (SSSR count). The van der Waals surface area contributed by atoms with E-state index in [0.29, 0.717) is 24.9 Å². The SMILES string of the molecule is CCOc1cccc(NCc2noc(C)n2)c1. The molecule has 0 aliphatic heterocycles. The predicted molar refractivity (Wildman–Crippen MR) is 64.0 cm³/mol. The minimum atomic E-state index is 0.535. The molecule has 0 fully saturated rings. The van der Waals surface area contributed by atoms with E-state index in [-0.39, 0.29) is 0 Å². The Morgan fingerprint density at radius 2 is 2.29 bits per heavy atom. The fourth-order valence-electron chi connectivity index (χ4n) is 1.46. The van der Waals surface area contributed by atoms with Crippen LogP contribution in [0, 0.1) is 6.92 Å². The number of hydrogen-bond acceptors (Lipinski definition) is 5. The molecule has 0 aliphatic rings. The Morgan fingerprint density at radius 3 is 3.00 bits per heavy atom. The van der Waals surface area contributed by atoms with E-state index in [0.717, 1.165) is 11.4 Å². The summed E-state index contributed by atoms with van der Waals surface area (Å²) in [6.07, 6.45) is 0. The average molecular weight is 233 g/mol. The van der Waals surface area contributed by atoms with Crippen LogP contribution >= 0.6 is 0 Å². The molecule has 0 amide bonds. The standard InChI is InChI=1S/C12H15N3O2/c1-3-16-11-6-4-5-10(7-11)13-8-12-14-9(2)17-15-12/h4-7,13H,3,8H2,1-2H3. The molecule has 0 saturated heterocycles. The van der Waals surface area contributed by atoms with Crippen LogP contribution in [0.1, 0.15) is 18.6 Å². The lowest BCUT2D eigenvalue weighted by molar-refractivity contribution is 0.340. The maximum absolute atomic E-state index is 5.41. The summed E-state index contributed by atoms with van der Waals surface area (Å²) in [5.74, 6) is 2.07. The van der Waals surface area contributed by atoms with Crippen molar-refractivity contribution in [3.63, 3.8) is 0 Å². The lowest BCUT2D eigenvalue weighted by atomic mass is 10.3. The molecule has 0 unspecified atom stereocenters. The molecule has 5 heteroatoms. The molecule has 0 bridgehead atoms. The van der Waals surface area contributed by atoms with Crippen molar-refractivity contribution in [2.75, 3.05) is 11.9 Å². The van der Waals surface area contributed by atoms with Gasteiger partial charge in [0, 0.05) is 18.7 Å². The van der Waals surface area contributed by atoms with Gasteiger partial charge in [-0.05, 0) is 19.1 Å². The second-order valence-electron chi connectivity index (χ2n) is 3.54. The van der Waals surface area contributed by atoms with Crippen molar-refractivity contribution >= 4 is 5.69 Å². The van der Waals surface area contributed by atoms with Gasteiger partial charge in [0.1, 0.15) is 5.75 Å². The maximum atomic E-state index is 5.41. The number of hydrogen-bond donors (Lipinski definition) is 1. The molecule has 0 radical (unpaired) electrons. The van der Waals surface area contributed by atoms with Gasteiger partial charge in [0.05, 0.1) is 13.2 Å². The largest absolute Gasteiger partial charge is 0.494 e. The van der Waals surface area contributed by atoms with Crippen LogP contribution in [0.4, 0.5) is 5.69 Å². The van der Waals surface area contributed by atoms with Gasteiger partial charge >= 0.3 is 0 Å². The van der Waals surface area contributed by atoms with Crippen LogP contribution in [0.25, 0.3) is 0 Å². The molecule has 17 heavy (non-hydrogen) atoms. The number of anilines is 1. The van der Waals surface area contributed by atoms with E-state index in [4.69, 9.17) is 9.26 Å². The van der Waals surface area contributed by atoms with Gasteiger partial charge in [-0.3, -0.25) is 0 Å². The van der Waals surface area contributed by atoms with Gasteiger partial charge in [0.25, 0.3) is 0 Å². The fourth-order valence-corrected chi connectivity index (χ4v) is 1.46. The highest BCUT2D eigenvalue weighted by molar-refractivity contribution is 5.48. The van der Waals surface area contributed by atoms with E-state index >= 15 is 0 Å². The number of rotatable bonds is 5. The molecule has 1 aromatic carbocycles. The van der Waals surface area contributed by atoms with Crippen LogP contribution < -0.4 is 10.1 Å². The Kier molecular flexibility index (Phi) is 3.59. The highest BCUT2D eigenvalue weighted by Gasteiger charge is 2.02. The first kappa shape index (κ1) is 11.4. The van der Waals surface area contributed by atoms with Gasteiger partial charge in [-0.1, -0.05) is 11.2 Å². The predicted octanol–water partition coefficient (Wildman–Crippen LogP) is 2.39. The number of benzene rings is 1. The van der Waals surface area contributed by atoms with Gasteiger partial charge in [0.15, 0.2) is 5.82 Å². The third kappa shape index (κ3) is 3.21. The summed E-state index contributed by atoms with van der Waals surface area (Å²) < 4.78 is 10.3. The first-order chi connectivity index (χ1) is 8.28. The van der Waals surface area contributed by atoms with Crippen LogP contribution in [0.15, 0.2) is 28.8 Å². The third-order valence-corrected chi connectivity index (χ3v) is 2.17. The van der Waals surface area contributed by atoms with Gasteiger partial charge in [0.2, 0.25) is 5.89 Å². The number of nitrogens with one attached hydrogen (secondary N) is 1. The maximum Gasteiger partial charge on any atom is 0.223 e. The Bertz CT molecular complexity index is 482. The number of aromatic nitrogens is 2. The van der Waals surface area contributed by atoms with Crippen molar-refractivity contribution in [2.24, 2.45) is 0 Å². The molecular weight excluding hydrogens is 218 g/mol. The number of ether oxygens (including phenoxy) is 1. The molecule has 5 nitrogen and oxygen atoms in total. The van der Waals surface area contributed by atoms with Gasteiger partial charge < -0.3 is 14.6 Å². The lowest BCUT2D eigenvalue weighted by Gasteiger charge is -2.06. The van der Waals surface area contributed by atoms with Crippen molar-refractivity contribution in [1.29, 1.82) is 0 Å². The summed E-state index contributed by atoms with van der Waals surface area (Å²) in [6, 6.07) is 7.77. The minimum Gasteiger partial charge on any atom is -0.494 e. The minimum absolute atomic E-state index is 0.535. The zero-order chi connectivity index (χ0) is 12.1. The Labute approximate surface area is 99.8 Å². The first-order valence-electron chi connectivity index (χ1n) is 5.54. The molecule has 2 aromatic rings.